The Labute approximate surface area is 95.9 Å². The number of nitrogens with zero attached hydrogens (tertiary/aromatic N) is 3. The Morgan fingerprint density at radius 3 is 2.88 bits per heavy atom. The number of aliphatic imine (C=N–C) groups is 3. The van der Waals surface area contributed by atoms with Crippen molar-refractivity contribution < 1.29 is 4.74 Å². The second kappa shape index (κ2) is 4.60. The van der Waals surface area contributed by atoms with Crippen LogP contribution in [-0.4, -0.2) is 30.7 Å². The van der Waals surface area contributed by atoms with E-state index < -0.39 is 0 Å². The number of amidine groups is 2. The highest BCUT2D eigenvalue weighted by molar-refractivity contribution is 6.06. The van der Waals surface area contributed by atoms with E-state index in [-0.39, 0.29) is 0 Å². The van der Waals surface area contributed by atoms with Crippen LogP contribution in [0.25, 0.3) is 0 Å². The van der Waals surface area contributed by atoms with E-state index in [0.29, 0.717) is 11.9 Å². The van der Waals surface area contributed by atoms with E-state index in [1.54, 1.807) is 7.11 Å². The number of rotatable bonds is 0. The van der Waals surface area contributed by atoms with Crippen molar-refractivity contribution in [2.24, 2.45) is 15.0 Å². The maximum absolute atomic E-state index is 5.28. The molecule has 86 valence electrons. The summed E-state index contributed by atoms with van der Waals surface area (Å²) in [5, 5.41) is 0. The monoisotopic (exact) mass is 219 g/mol. The van der Waals surface area contributed by atoms with Crippen molar-refractivity contribution in [3.8, 4) is 0 Å². The van der Waals surface area contributed by atoms with Gasteiger partial charge < -0.3 is 4.74 Å². The van der Waals surface area contributed by atoms with Crippen LogP contribution in [0.1, 0.15) is 33.1 Å². The zero-order valence-electron chi connectivity index (χ0n) is 10.0. The first-order valence-corrected chi connectivity index (χ1v) is 5.61. The lowest BCUT2D eigenvalue weighted by atomic mass is 10.1. The third-order valence-corrected chi connectivity index (χ3v) is 2.79. The molecule has 0 saturated heterocycles. The van der Waals surface area contributed by atoms with Crippen LogP contribution in [-0.2, 0) is 4.74 Å². The first-order chi connectivity index (χ1) is 7.69. The molecule has 0 aromatic rings. The van der Waals surface area contributed by atoms with Crippen molar-refractivity contribution in [1.82, 2.24) is 0 Å². The van der Waals surface area contributed by atoms with E-state index in [0.717, 1.165) is 36.5 Å². The summed E-state index contributed by atoms with van der Waals surface area (Å²) in [6.07, 6.45) is 5.06. The van der Waals surface area contributed by atoms with E-state index in [1.807, 2.05) is 13.8 Å². The summed E-state index contributed by atoms with van der Waals surface area (Å²) in [6.45, 7) is 3.94. The van der Waals surface area contributed by atoms with Crippen molar-refractivity contribution in [3.05, 3.63) is 11.6 Å². The lowest BCUT2D eigenvalue weighted by Gasteiger charge is -2.15. The minimum absolute atomic E-state index is 0.330. The summed E-state index contributed by atoms with van der Waals surface area (Å²) in [5.74, 6) is 2.34. The molecule has 2 rings (SSSR count). The summed E-state index contributed by atoms with van der Waals surface area (Å²) in [6, 6.07) is 0.330. The molecule has 0 N–H and O–H groups in total. The number of fused-ring (bicyclic) bond motifs is 2. The van der Waals surface area contributed by atoms with Crippen molar-refractivity contribution in [1.29, 1.82) is 0 Å². The van der Waals surface area contributed by atoms with Crippen LogP contribution in [0, 0.1) is 0 Å². The van der Waals surface area contributed by atoms with Crippen molar-refractivity contribution >= 4 is 17.6 Å². The quantitative estimate of drug-likeness (QED) is 0.617. The Balaban J connectivity index is 2.37. The summed E-state index contributed by atoms with van der Waals surface area (Å²) < 4.78 is 5.28. The van der Waals surface area contributed by atoms with Gasteiger partial charge in [0.1, 0.15) is 11.7 Å². The fourth-order valence-electron chi connectivity index (χ4n) is 2.01. The van der Waals surface area contributed by atoms with Crippen LogP contribution in [0.3, 0.4) is 0 Å². The van der Waals surface area contributed by atoms with Gasteiger partial charge >= 0.3 is 0 Å². The van der Waals surface area contributed by atoms with Gasteiger partial charge in [-0.25, -0.2) is 4.99 Å². The molecule has 0 fully saturated rings. The summed E-state index contributed by atoms with van der Waals surface area (Å²) in [4.78, 5) is 13.3. The van der Waals surface area contributed by atoms with Gasteiger partial charge in [0.2, 0.25) is 5.90 Å². The fourth-order valence-corrected chi connectivity index (χ4v) is 2.01. The fraction of sp³-hybridized carbons (Fsp3) is 0.583. The normalized spacial score (nSPS) is 28.6. The molecule has 2 heterocycles. The molecule has 0 aromatic heterocycles. The lowest BCUT2D eigenvalue weighted by Crippen LogP contribution is -2.18. The number of allylic oxidation sites excluding steroid dienone is 1. The molecule has 1 atom stereocenters. The van der Waals surface area contributed by atoms with Crippen LogP contribution >= 0.6 is 0 Å². The summed E-state index contributed by atoms with van der Waals surface area (Å²) in [5.41, 5.74) is 1.08. The third kappa shape index (κ3) is 2.38. The maximum Gasteiger partial charge on any atom is 0.217 e. The smallest absolute Gasteiger partial charge is 0.217 e. The van der Waals surface area contributed by atoms with E-state index in [4.69, 9.17) is 4.74 Å². The zero-order chi connectivity index (χ0) is 11.5. The van der Waals surface area contributed by atoms with Gasteiger partial charge in [-0.05, 0) is 26.7 Å². The first-order valence-electron chi connectivity index (χ1n) is 5.61. The van der Waals surface area contributed by atoms with Crippen LogP contribution in [0.2, 0.25) is 0 Å². The first kappa shape index (κ1) is 11.0. The number of methoxy groups -OCH3 is 1. The van der Waals surface area contributed by atoms with Crippen molar-refractivity contribution in [2.45, 2.75) is 39.2 Å². The van der Waals surface area contributed by atoms with Gasteiger partial charge in [0, 0.05) is 12.0 Å². The van der Waals surface area contributed by atoms with E-state index in [9.17, 15) is 0 Å². The van der Waals surface area contributed by atoms with Crippen molar-refractivity contribution in [2.75, 3.05) is 7.11 Å². The maximum atomic E-state index is 5.28. The van der Waals surface area contributed by atoms with Gasteiger partial charge in [0.15, 0.2) is 0 Å². The van der Waals surface area contributed by atoms with Crippen LogP contribution in [0.5, 0.6) is 0 Å². The molecular formula is C12H17N3O. The topological polar surface area (TPSA) is 46.3 Å². The predicted molar refractivity (Wildman–Crippen MR) is 66.4 cm³/mol. The third-order valence-electron chi connectivity index (χ3n) is 2.79. The van der Waals surface area contributed by atoms with Gasteiger partial charge in [-0.15, -0.1) is 0 Å². The Kier molecular flexibility index (Phi) is 3.17. The molecule has 1 unspecified atom stereocenters. The molecule has 2 bridgehead atoms. The molecule has 0 amide bonds. The number of hydrogen-bond donors (Lipinski definition) is 0. The molecule has 2 aliphatic heterocycles. The van der Waals surface area contributed by atoms with Crippen molar-refractivity contribution in [3.63, 3.8) is 0 Å². The van der Waals surface area contributed by atoms with Crippen LogP contribution in [0.15, 0.2) is 26.6 Å². The van der Waals surface area contributed by atoms with E-state index in [2.05, 4.69) is 21.1 Å². The van der Waals surface area contributed by atoms with Gasteiger partial charge in [-0.1, -0.05) is 6.08 Å². The summed E-state index contributed by atoms with van der Waals surface area (Å²) >= 11 is 0. The predicted octanol–water partition coefficient (Wildman–Crippen LogP) is 2.36. The average molecular weight is 219 g/mol. The van der Waals surface area contributed by atoms with E-state index in [1.165, 1.54) is 0 Å². The van der Waals surface area contributed by atoms with E-state index >= 15 is 0 Å². The average Bonchev–Trinajstić information content (AvgIpc) is 2.28. The Morgan fingerprint density at radius 1 is 1.31 bits per heavy atom. The standard InChI is InChI=1S/C12H17N3O/c1-8-5-4-6-10-7-11(14-9(2)13-10)15-12(8)16-3/h5,10H,4,6-7H2,1-3H3/b8-5-,15-12?. The number of ether oxygens (including phenoxy) is 1. The molecule has 4 nitrogen and oxygen atoms in total. The van der Waals surface area contributed by atoms with Crippen LogP contribution < -0.4 is 0 Å². The minimum atomic E-state index is 0.330. The molecular weight excluding hydrogens is 202 g/mol. The highest BCUT2D eigenvalue weighted by Crippen LogP contribution is 2.18. The number of hydrogen-bond acceptors (Lipinski definition) is 4. The molecule has 16 heavy (non-hydrogen) atoms. The van der Waals surface area contributed by atoms with Gasteiger partial charge in [-0.3, -0.25) is 4.99 Å². The van der Waals surface area contributed by atoms with Gasteiger partial charge in [-0.2, -0.15) is 4.99 Å². The molecule has 0 saturated carbocycles. The second-order valence-corrected chi connectivity index (χ2v) is 4.15. The Bertz CT molecular complexity index is 404. The highest BCUT2D eigenvalue weighted by Gasteiger charge is 2.18. The second-order valence-electron chi connectivity index (χ2n) is 4.15. The molecule has 4 heteroatoms. The van der Waals surface area contributed by atoms with Gasteiger partial charge in [0.05, 0.1) is 13.2 Å². The summed E-state index contributed by atoms with van der Waals surface area (Å²) in [7, 11) is 1.65. The molecule has 0 spiro atoms. The highest BCUT2D eigenvalue weighted by atomic mass is 16.5. The van der Waals surface area contributed by atoms with Crippen LogP contribution in [0.4, 0.5) is 0 Å². The van der Waals surface area contributed by atoms with Gasteiger partial charge in [0.25, 0.3) is 0 Å². The SMILES string of the molecule is COC1=NC2=NC(C)=NC(CC/C=C\1C)C2. The molecule has 0 aromatic carbocycles. The molecule has 0 radical (unpaired) electrons. The Hall–Kier alpha value is -1.45. The molecule has 0 aliphatic carbocycles. The Morgan fingerprint density at radius 2 is 2.12 bits per heavy atom. The minimum Gasteiger partial charge on any atom is -0.481 e. The largest absolute Gasteiger partial charge is 0.481 e. The molecule has 2 aliphatic rings. The zero-order valence-corrected chi connectivity index (χ0v) is 10.0. The lowest BCUT2D eigenvalue weighted by molar-refractivity contribution is 0.404.